The van der Waals surface area contributed by atoms with Gasteiger partial charge in [-0.1, -0.05) is 58.0 Å². The SMILES string of the molecule is CCN(CC)[SiH](c1ccccc1)N(CC)CC. The molecule has 0 bridgehead atoms. The Morgan fingerprint density at radius 3 is 1.53 bits per heavy atom. The fourth-order valence-electron chi connectivity index (χ4n) is 2.42. The summed E-state index contributed by atoms with van der Waals surface area (Å²) in [5.41, 5.74) is 0. The van der Waals surface area contributed by atoms with Gasteiger partial charge >= 0.3 is 0 Å². The van der Waals surface area contributed by atoms with Gasteiger partial charge in [-0.3, -0.25) is 0 Å². The van der Waals surface area contributed by atoms with Gasteiger partial charge in [0, 0.05) is 0 Å². The summed E-state index contributed by atoms with van der Waals surface area (Å²) in [5.74, 6) is 0. The van der Waals surface area contributed by atoms with Crippen LogP contribution in [-0.2, 0) is 0 Å². The molecule has 0 saturated carbocycles. The molecule has 0 heterocycles. The van der Waals surface area contributed by atoms with Crippen LogP contribution in [0.4, 0.5) is 0 Å². The first-order chi connectivity index (χ1) is 8.28. The second kappa shape index (κ2) is 7.64. The maximum atomic E-state index is 2.66. The van der Waals surface area contributed by atoms with Crippen molar-refractivity contribution in [1.82, 2.24) is 9.13 Å². The Balaban J connectivity index is 3.01. The predicted molar refractivity (Wildman–Crippen MR) is 79.1 cm³/mol. The second-order valence-electron chi connectivity index (χ2n) is 4.23. The summed E-state index contributed by atoms with van der Waals surface area (Å²) in [6.45, 7) is 13.7. The molecule has 17 heavy (non-hydrogen) atoms. The summed E-state index contributed by atoms with van der Waals surface area (Å²) in [6.07, 6.45) is 0. The molecule has 1 rings (SSSR count). The first kappa shape index (κ1) is 14.4. The van der Waals surface area contributed by atoms with Crippen molar-refractivity contribution in [3.8, 4) is 0 Å². The zero-order valence-corrected chi connectivity index (χ0v) is 12.8. The number of nitrogens with zero attached hydrogens (tertiary/aromatic N) is 2. The van der Waals surface area contributed by atoms with Crippen molar-refractivity contribution in [1.29, 1.82) is 0 Å². The Hall–Kier alpha value is -0.643. The van der Waals surface area contributed by atoms with Crippen LogP contribution in [0.5, 0.6) is 0 Å². The standard InChI is InChI=1S/C14H26N2Si/c1-5-15(6-2)17(16(7-3)8-4)14-12-10-9-11-13-14/h9-13,17H,5-8H2,1-4H3. The van der Waals surface area contributed by atoms with E-state index < -0.39 is 9.12 Å². The van der Waals surface area contributed by atoms with Crippen LogP contribution in [0.25, 0.3) is 0 Å². The first-order valence-electron chi connectivity index (χ1n) is 6.81. The average molecular weight is 250 g/mol. The molecule has 0 saturated heterocycles. The molecule has 0 aliphatic rings. The molecule has 0 radical (unpaired) electrons. The normalized spacial score (nSPS) is 11.7. The molecule has 0 spiro atoms. The Labute approximate surface area is 108 Å². The molecular formula is C14H26N2Si. The lowest BCUT2D eigenvalue weighted by atomic mass is 10.4. The number of rotatable bonds is 7. The summed E-state index contributed by atoms with van der Waals surface area (Å²) in [6, 6.07) is 11.0. The molecular weight excluding hydrogens is 224 g/mol. The molecule has 96 valence electrons. The van der Waals surface area contributed by atoms with E-state index in [-0.39, 0.29) is 0 Å². The monoisotopic (exact) mass is 250 g/mol. The quantitative estimate of drug-likeness (QED) is 0.681. The maximum absolute atomic E-state index is 2.66. The van der Waals surface area contributed by atoms with Gasteiger partial charge < -0.3 is 9.13 Å². The number of hydrogen-bond donors (Lipinski definition) is 0. The molecule has 1 aromatic carbocycles. The summed E-state index contributed by atoms with van der Waals surface area (Å²) < 4.78 is 5.31. The fourth-order valence-corrected chi connectivity index (χ4v) is 5.67. The van der Waals surface area contributed by atoms with Gasteiger partial charge in [0.15, 0.2) is 0 Å². The van der Waals surface area contributed by atoms with Crippen LogP contribution in [0, 0.1) is 0 Å². The van der Waals surface area contributed by atoms with Crippen LogP contribution in [-0.4, -0.2) is 44.4 Å². The third kappa shape index (κ3) is 3.66. The highest BCUT2D eigenvalue weighted by Crippen LogP contribution is 2.03. The molecule has 3 heteroatoms. The Morgan fingerprint density at radius 2 is 1.18 bits per heavy atom. The van der Waals surface area contributed by atoms with E-state index in [0.29, 0.717) is 0 Å². The van der Waals surface area contributed by atoms with Crippen LogP contribution < -0.4 is 5.19 Å². The van der Waals surface area contributed by atoms with E-state index in [1.165, 1.54) is 0 Å². The van der Waals surface area contributed by atoms with Gasteiger partial charge in [0.1, 0.15) is 0 Å². The van der Waals surface area contributed by atoms with Crippen molar-refractivity contribution in [2.24, 2.45) is 0 Å². The minimum atomic E-state index is -1.16. The van der Waals surface area contributed by atoms with Crippen LogP contribution in [0.15, 0.2) is 30.3 Å². The van der Waals surface area contributed by atoms with Crippen molar-refractivity contribution in [3.63, 3.8) is 0 Å². The Bertz CT molecular complexity index is 282. The lowest BCUT2D eigenvalue weighted by Crippen LogP contribution is -2.59. The molecule has 0 fully saturated rings. The van der Waals surface area contributed by atoms with E-state index in [4.69, 9.17) is 0 Å². The minimum Gasteiger partial charge on any atom is -0.311 e. The smallest absolute Gasteiger partial charge is 0.222 e. The molecule has 0 aliphatic heterocycles. The Kier molecular flexibility index (Phi) is 6.48. The van der Waals surface area contributed by atoms with Crippen LogP contribution in [0.2, 0.25) is 0 Å². The molecule has 0 unspecified atom stereocenters. The highest BCUT2D eigenvalue weighted by Gasteiger charge is 2.25. The third-order valence-electron chi connectivity index (χ3n) is 3.41. The van der Waals surface area contributed by atoms with E-state index >= 15 is 0 Å². The topological polar surface area (TPSA) is 6.48 Å². The van der Waals surface area contributed by atoms with Gasteiger partial charge in [0.25, 0.3) is 0 Å². The summed E-state index contributed by atoms with van der Waals surface area (Å²) in [5, 5.41) is 1.54. The lowest BCUT2D eigenvalue weighted by molar-refractivity contribution is 0.388. The maximum Gasteiger partial charge on any atom is 0.222 e. The van der Waals surface area contributed by atoms with E-state index in [2.05, 4.69) is 67.2 Å². The second-order valence-corrected chi connectivity index (χ2v) is 7.10. The third-order valence-corrected chi connectivity index (χ3v) is 7.24. The first-order valence-corrected chi connectivity index (χ1v) is 8.42. The molecule has 2 nitrogen and oxygen atoms in total. The highest BCUT2D eigenvalue weighted by atomic mass is 28.3. The minimum absolute atomic E-state index is 1.15. The fraction of sp³-hybridized carbons (Fsp3) is 0.571. The Morgan fingerprint density at radius 1 is 0.765 bits per heavy atom. The molecule has 0 atom stereocenters. The van der Waals surface area contributed by atoms with Gasteiger partial charge in [-0.2, -0.15) is 0 Å². The van der Waals surface area contributed by atoms with E-state index in [9.17, 15) is 0 Å². The molecule has 0 aromatic heterocycles. The van der Waals surface area contributed by atoms with E-state index in [1.54, 1.807) is 5.19 Å². The van der Waals surface area contributed by atoms with Gasteiger partial charge in [-0.05, 0) is 31.4 Å². The van der Waals surface area contributed by atoms with Gasteiger partial charge in [-0.15, -0.1) is 0 Å². The summed E-state index contributed by atoms with van der Waals surface area (Å²) in [4.78, 5) is 0. The van der Waals surface area contributed by atoms with Gasteiger partial charge in [0.2, 0.25) is 9.12 Å². The van der Waals surface area contributed by atoms with Crippen molar-refractivity contribution in [2.45, 2.75) is 27.7 Å². The predicted octanol–water partition coefficient (Wildman–Crippen LogP) is 1.80. The number of hydrogen-bond acceptors (Lipinski definition) is 2. The largest absolute Gasteiger partial charge is 0.311 e. The molecule has 0 N–H and O–H groups in total. The number of benzene rings is 1. The zero-order valence-electron chi connectivity index (χ0n) is 11.7. The summed E-state index contributed by atoms with van der Waals surface area (Å²) >= 11 is 0. The average Bonchev–Trinajstić information content (AvgIpc) is 2.40. The highest BCUT2D eigenvalue weighted by molar-refractivity contribution is 6.68. The van der Waals surface area contributed by atoms with Crippen molar-refractivity contribution in [2.75, 3.05) is 26.2 Å². The molecule has 0 aliphatic carbocycles. The van der Waals surface area contributed by atoms with Crippen molar-refractivity contribution >= 4 is 14.3 Å². The van der Waals surface area contributed by atoms with Crippen molar-refractivity contribution < 1.29 is 0 Å². The van der Waals surface area contributed by atoms with Crippen LogP contribution in [0.1, 0.15) is 27.7 Å². The molecule has 1 aromatic rings. The van der Waals surface area contributed by atoms with Crippen LogP contribution >= 0.6 is 0 Å². The van der Waals surface area contributed by atoms with E-state index in [1.807, 2.05) is 0 Å². The molecule has 0 amide bonds. The van der Waals surface area contributed by atoms with Crippen molar-refractivity contribution in [3.05, 3.63) is 30.3 Å². The van der Waals surface area contributed by atoms with E-state index in [0.717, 1.165) is 26.2 Å². The summed E-state index contributed by atoms with van der Waals surface area (Å²) in [7, 11) is -1.16. The lowest BCUT2D eigenvalue weighted by Gasteiger charge is -2.36. The van der Waals surface area contributed by atoms with Gasteiger partial charge in [0.05, 0.1) is 0 Å². The zero-order chi connectivity index (χ0) is 12.7. The van der Waals surface area contributed by atoms with Crippen LogP contribution in [0.3, 0.4) is 0 Å². The van der Waals surface area contributed by atoms with Gasteiger partial charge in [-0.25, -0.2) is 0 Å².